The molecule has 1 atom stereocenters. The number of carbonyl (C=O) groups is 1. The Labute approximate surface area is 122 Å². The molecule has 4 nitrogen and oxygen atoms in total. The average Bonchev–Trinajstić information content (AvgIpc) is 2.89. The highest BCUT2D eigenvalue weighted by Gasteiger charge is 2.17. The van der Waals surface area contributed by atoms with E-state index in [-0.39, 0.29) is 12.3 Å². The number of H-pyrrole nitrogens is 1. The van der Waals surface area contributed by atoms with Gasteiger partial charge in [-0.15, -0.1) is 0 Å². The number of hydrogen-bond acceptors (Lipinski definition) is 2. The zero-order valence-corrected chi connectivity index (χ0v) is 11.5. The van der Waals surface area contributed by atoms with Crippen molar-refractivity contribution >= 4 is 17.0 Å². The number of aromatic amines is 1. The second-order valence-corrected chi connectivity index (χ2v) is 5.11. The molecule has 3 aromatic rings. The predicted molar refractivity (Wildman–Crippen MR) is 81.2 cm³/mol. The SMILES string of the molecule is O=C(O)CC(Cc1nc2ccccc2[nH]1)c1ccccc1. The van der Waals surface area contributed by atoms with Crippen LogP contribution < -0.4 is 0 Å². The second kappa shape index (κ2) is 5.79. The maximum atomic E-state index is 11.1. The van der Waals surface area contributed by atoms with Crippen molar-refractivity contribution in [1.82, 2.24) is 9.97 Å². The Morgan fingerprint density at radius 1 is 1.10 bits per heavy atom. The van der Waals surface area contributed by atoms with Gasteiger partial charge in [-0.1, -0.05) is 42.5 Å². The van der Waals surface area contributed by atoms with Crippen molar-refractivity contribution in [2.24, 2.45) is 0 Å². The molecule has 0 bridgehead atoms. The van der Waals surface area contributed by atoms with Gasteiger partial charge >= 0.3 is 5.97 Å². The number of benzene rings is 2. The summed E-state index contributed by atoms with van der Waals surface area (Å²) in [6, 6.07) is 17.6. The summed E-state index contributed by atoms with van der Waals surface area (Å²) < 4.78 is 0. The van der Waals surface area contributed by atoms with Gasteiger partial charge in [-0.2, -0.15) is 0 Å². The molecule has 0 aliphatic carbocycles. The van der Waals surface area contributed by atoms with Gasteiger partial charge in [0.15, 0.2) is 0 Å². The number of nitrogens with zero attached hydrogens (tertiary/aromatic N) is 1. The molecule has 0 aliphatic rings. The fraction of sp³-hybridized carbons (Fsp3) is 0.176. The van der Waals surface area contributed by atoms with Gasteiger partial charge in [0.25, 0.3) is 0 Å². The lowest BCUT2D eigenvalue weighted by Crippen LogP contribution is -2.10. The monoisotopic (exact) mass is 280 g/mol. The van der Waals surface area contributed by atoms with Gasteiger partial charge in [-0.25, -0.2) is 4.98 Å². The Kier molecular flexibility index (Phi) is 3.69. The van der Waals surface area contributed by atoms with Crippen molar-refractivity contribution in [3.63, 3.8) is 0 Å². The molecule has 2 aromatic carbocycles. The van der Waals surface area contributed by atoms with Crippen molar-refractivity contribution in [3.8, 4) is 0 Å². The van der Waals surface area contributed by atoms with Crippen LogP contribution in [0.1, 0.15) is 23.7 Å². The number of fused-ring (bicyclic) bond motifs is 1. The van der Waals surface area contributed by atoms with Crippen LogP contribution >= 0.6 is 0 Å². The minimum Gasteiger partial charge on any atom is -0.481 e. The van der Waals surface area contributed by atoms with E-state index in [2.05, 4.69) is 9.97 Å². The van der Waals surface area contributed by atoms with Crippen LogP contribution in [0.25, 0.3) is 11.0 Å². The smallest absolute Gasteiger partial charge is 0.303 e. The molecular weight excluding hydrogens is 264 g/mol. The number of aliphatic carboxylic acids is 1. The van der Waals surface area contributed by atoms with Crippen LogP contribution in [-0.4, -0.2) is 21.0 Å². The van der Waals surface area contributed by atoms with E-state index in [0.29, 0.717) is 6.42 Å². The number of imidazole rings is 1. The lowest BCUT2D eigenvalue weighted by Gasteiger charge is -2.13. The third kappa shape index (κ3) is 3.11. The van der Waals surface area contributed by atoms with E-state index in [0.717, 1.165) is 22.4 Å². The van der Waals surface area contributed by atoms with Crippen molar-refractivity contribution in [3.05, 3.63) is 66.0 Å². The highest BCUT2D eigenvalue weighted by Crippen LogP contribution is 2.24. The minimum absolute atomic E-state index is 0.0794. The zero-order chi connectivity index (χ0) is 14.7. The Morgan fingerprint density at radius 3 is 2.52 bits per heavy atom. The summed E-state index contributed by atoms with van der Waals surface area (Å²) in [4.78, 5) is 18.9. The molecule has 0 saturated heterocycles. The van der Waals surface area contributed by atoms with Crippen LogP contribution in [0, 0.1) is 0 Å². The Morgan fingerprint density at radius 2 is 1.81 bits per heavy atom. The molecule has 1 heterocycles. The number of carboxylic acid groups (broad SMARTS) is 1. The fourth-order valence-electron chi connectivity index (χ4n) is 2.58. The van der Waals surface area contributed by atoms with Crippen LogP contribution in [-0.2, 0) is 11.2 Å². The summed E-state index contributed by atoms with van der Waals surface area (Å²) in [6.45, 7) is 0. The van der Waals surface area contributed by atoms with Crippen LogP contribution in [0.15, 0.2) is 54.6 Å². The van der Waals surface area contributed by atoms with E-state index in [1.807, 2.05) is 54.6 Å². The quantitative estimate of drug-likeness (QED) is 0.753. The molecule has 3 rings (SSSR count). The summed E-state index contributed by atoms with van der Waals surface area (Å²) in [6.07, 6.45) is 0.687. The molecule has 0 spiro atoms. The predicted octanol–water partition coefficient (Wildman–Crippen LogP) is 3.36. The molecule has 0 radical (unpaired) electrons. The van der Waals surface area contributed by atoms with Gasteiger partial charge in [0.2, 0.25) is 0 Å². The highest BCUT2D eigenvalue weighted by molar-refractivity contribution is 5.74. The van der Waals surface area contributed by atoms with Gasteiger partial charge in [-0.3, -0.25) is 4.79 Å². The Balaban J connectivity index is 1.88. The van der Waals surface area contributed by atoms with Gasteiger partial charge < -0.3 is 10.1 Å². The van der Waals surface area contributed by atoms with E-state index in [1.165, 1.54) is 0 Å². The van der Waals surface area contributed by atoms with Crippen LogP contribution in [0.3, 0.4) is 0 Å². The van der Waals surface area contributed by atoms with E-state index in [4.69, 9.17) is 5.11 Å². The molecule has 1 unspecified atom stereocenters. The van der Waals surface area contributed by atoms with Crippen LogP contribution in [0.4, 0.5) is 0 Å². The van der Waals surface area contributed by atoms with Crippen LogP contribution in [0.5, 0.6) is 0 Å². The first-order valence-corrected chi connectivity index (χ1v) is 6.93. The van der Waals surface area contributed by atoms with Crippen molar-refractivity contribution in [2.45, 2.75) is 18.8 Å². The molecule has 0 amide bonds. The largest absolute Gasteiger partial charge is 0.481 e. The van der Waals surface area contributed by atoms with Gasteiger partial charge in [0.05, 0.1) is 17.5 Å². The maximum absolute atomic E-state index is 11.1. The van der Waals surface area contributed by atoms with Crippen molar-refractivity contribution < 1.29 is 9.90 Å². The fourth-order valence-corrected chi connectivity index (χ4v) is 2.58. The van der Waals surface area contributed by atoms with E-state index in [9.17, 15) is 4.79 Å². The number of hydrogen-bond donors (Lipinski definition) is 2. The topological polar surface area (TPSA) is 66.0 Å². The first-order valence-electron chi connectivity index (χ1n) is 6.93. The van der Waals surface area contributed by atoms with Crippen LogP contribution in [0.2, 0.25) is 0 Å². The summed E-state index contributed by atoms with van der Waals surface area (Å²) in [5, 5.41) is 9.13. The van der Waals surface area contributed by atoms with Gasteiger partial charge in [0, 0.05) is 12.3 Å². The summed E-state index contributed by atoms with van der Waals surface area (Å²) >= 11 is 0. The van der Waals surface area contributed by atoms with Crippen molar-refractivity contribution in [2.75, 3.05) is 0 Å². The number of nitrogens with one attached hydrogen (secondary N) is 1. The van der Waals surface area contributed by atoms with E-state index < -0.39 is 5.97 Å². The standard InChI is InChI=1S/C17H16N2O2/c20-17(21)11-13(12-6-2-1-3-7-12)10-16-18-14-8-4-5-9-15(14)19-16/h1-9,13H,10-11H2,(H,18,19)(H,20,21). The number of para-hydroxylation sites is 2. The molecule has 2 N–H and O–H groups in total. The Hall–Kier alpha value is -2.62. The number of rotatable bonds is 5. The highest BCUT2D eigenvalue weighted by atomic mass is 16.4. The van der Waals surface area contributed by atoms with Gasteiger partial charge in [0.1, 0.15) is 5.82 Å². The summed E-state index contributed by atoms with van der Waals surface area (Å²) in [7, 11) is 0. The molecule has 106 valence electrons. The molecule has 0 fully saturated rings. The van der Waals surface area contributed by atoms with Crippen molar-refractivity contribution in [1.29, 1.82) is 0 Å². The number of carboxylic acids is 1. The van der Waals surface area contributed by atoms with Gasteiger partial charge in [-0.05, 0) is 17.7 Å². The zero-order valence-electron chi connectivity index (χ0n) is 11.5. The normalized spacial score (nSPS) is 12.4. The molecule has 21 heavy (non-hydrogen) atoms. The molecule has 0 aliphatic heterocycles. The molecule has 4 heteroatoms. The lowest BCUT2D eigenvalue weighted by molar-refractivity contribution is -0.137. The molecular formula is C17H16N2O2. The third-order valence-corrected chi connectivity index (χ3v) is 3.57. The first kappa shape index (κ1) is 13.4. The Bertz CT molecular complexity index is 717. The van der Waals surface area contributed by atoms with E-state index >= 15 is 0 Å². The maximum Gasteiger partial charge on any atom is 0.303 e. The third-order valence-electron chi connectivity index (χ3n) is 3.57. The number of aromatic nitrogens is 2. The summed E-state index contributed by atoms with van der Waals surface area (Å²) in [5.74, 6) is -0.0458. The summed E-state index contributed by atoms with van der Waals surface area (Å²) in [5.41, 5.74) is 2.92. The lowest BCUT2D eigenvalue weighted by atomic mass is 9.92. The molecule has 1 aromatic heterocycles. The average molecular weight is 280 g/mol. The molecule has 0 saturated carbocycles. The first-order chi connectivity index (χ1) is 10.2. The minimum atomic E-state index is -0.792. The second-order valence-electron chi connectivity index (χ2n) is 5.11. The van der Waals surface area contributed by atoms with E-state index in [1.54, 1.807) is 0 Å².